The smallest absolute Gasteiger partial charge is 0.132 e. The molecule has 1 aromatic carbocycles. The Morgan fingerprint density at radius 1 is 1.50 bits per heavy atom. The van der Waals surface area contributed by atoms with Gasteiger partial charge in [0, 0.05) is 17.4 Å². The van der Waals surface area contributed by atoms with Crippen LogP contribution in [-0.4, -0.2) is 18.7 Å². The highest BCUT2D eigenvalue weighted by molar-refractivity contribution is 9.10. The van der Waals surface area contributed by atoms with Crippen molar-refractivity contribution in [2.45, 2.75) is 6.42 Å². The Morgan fingerprint density at radius 2 is 2.29 bits per heavy atom. The lowest BCUT2D eigenvalue weighted by Gasteiger charge is -1.96. The van der Waals surface area contributed by atoms with Crippen LogP contribution in [0.2, 0.25) is 0 Å². The summed E-state index contributed by atoms with van der Waals surface area (Å²) in [5.41, 5.74) is 0.671. The van der Waals surface area contributed by atoms with E-state index in [0.717, 1.165) is 17.4 Å². The van der Waals surface area contributed by atoms with Crippen molar-refractivity contribution in [3.8, 4) is 17.6 Å². The molecule has 1 aromatic rings. The fraction of sp³-hybridized carbons (Fsp3) is 0.273. The van der Waals surface area contributed by atoms with E-state index in [1.165, 1.54) is 0 Å². The maximum absolute atomic E-state index is 9.50. The van der Waals surface area contributed by atoms with Crippen LogP contribution in [0.25, 0.3) is 0 Å². The molecule has 0 bridgehead atoms. The Labute approximate surface area is 92.5 Å². The third-order valence-corrected chi connectivity index (χ3v) is 2.18. The van der Waals surface area contributed by atoms with Gasteiger partial charge in [0.15, 0.2) is 0 Å². The molecule has 0 unspecified atom stereocenters. The van der Waals surface area contributed by atoms with Gasteiger partial charge >= 0.3 is 0 Å². The van der Waals surface area contributed by atoms with E-state index in [0.29, 0.717) is 5.56 Å². The molecular formula is C11H12BrNO. The molecule has 0 radical (unpaired) electrons. The zero-order valence-corrected chi connectivity index (χ0v) is 9.56. The maximum Gasteiger partial charge on any atom is 0.132 e. The van der Waals surface area contributed by atoms with Crippen LogP contribution in [0.15, 0.2) is 22.7 Å². The summed E-state index contributed by atoms with van der Waals surface area (Å²) in [6, 6.07) is 5.30. The van der Waals surface area contributed by atoms with Gasteiger partial charge in [0.1, 0.15) is 5.75 Å². The minimum Gasteiger partial charge on any atom is -0.507 e. The molecule has 14 heavy (non-hydrogen) atoms. The van der Waals surface area contributed by atoms with Gasteiger partial charge < -0.3 is 10.4 Å². The quantitative estimate of drug-likeness (QED) is 0.625. The second-order valence-electron chi connectivity index (χ2n) is 2.82. The predicted molar refractivity (Wildman–Crippen MR) is 61.2 cm³/mol. The van der Waals surface area contributed by atoms with E-state index in [1.54, 1.807) is 12.1 Å². The van der Waals surface area contributed by atoms with Crippen molar-refractivity contribution in [2.75, 3.05) is 13.6 Å². The molecule has 0 fully saturated rings. The van der Waals surface area contributed by atoms with Gasteiger partial charge in [-0.2, -0.15) is 0 Å². The molecule has 0 heterocycles. The number of hydrogen-bond donors (Lipinski definition) is 2. The average molecular weight is 254 g/mol. The van der Waals surface area contributed by atoms with Gasteiger partial charge in [0.25, 0.3) is 0 Å². The first-order valence-corrected chi connectivity index (χ1v) is 5.15. The lowest BCUT2D eigenvalue weighted by Crippen LogP contribution is -2.05. The van der Waals surface area contributed by atoms with Crippen molar-refractivity contribution in [3.05, 3.63) is 28.2 Å². The molecule has 2 N–H and O–H groups in total. The number of rotatable bonds is 2. The van der Waals surface area contributed by atoms with E-state index in [1.807, 2.05) is 13.1 Å². The van der Waals surface area contributed by atoms with Crippen LogP contribution in [0.3, 0.4) is 0 Å². The zero-order valence-electron chi connectivity index (χ0n) is 7.97. The zero-order chi connectivity index (χ0) is 10.4. The van der Waals surface area contributed by atoms with Crippen LogP contribution in [0, 0.1) is 11.8 Å². The van der Waals surface area contributed by atoms with E-state index in [2.05, 4.69) is 33.1 Å². The highest BCUT2D eigenvalue weighted by atomic mass is 79.9. The lowest BCUT2D eigenvalue weighted by atomic mass is 10.2. The lowest BCUT2D eigenvalue weighted by molar-refractivity contribution is 0.473. The summed E-state index contributed by atoms with van der Waals surface area (Å²) in [6.07, 6.45) is 0.784. The summed E-state index contributed by atoms with van der Waals surface area (Å²) in [4.78, 5) is 0. The van der Waals surface area contributed by atoms with Crippen LogP contribution < -0.4 is 5.32 Å². The number of phenols is 1. The Morgan fingerprint density at radius 3 is 2.93 bits per heavy atom. The number of aromatic hydroxyl groups is 1. The summed E-state index contributed by atoms with van der Waals surface area (Å²) in [7, 11) is 1.89. The van der Waals surface area contributed by atoms with Crippen molar-refractivity contribution < 1.29 is 5.11 Å². The largest absolute Gasteiger partial charge is 0.507 e. The number of nitrogens with one attached hydrogen (secondary N) is 1. The Kier molecular flexibility index (Phi) is 4.51. The molecule has 1 rings (SSSR count). The molecule has 0 amide bonds. The van der Waals surface area contributed by atoms with Gasteiger partial charge in [-0.25, -0.2) is 0 Å². The first-order chi connectivity index (χ1) is 6.74. The third-order valence-electron chi connectivity index (χ3n) is 1.68. The normalized spacial score (nSPS) is 9.29. The van der Waals surface area contributed by atoms with Gasteiger partial charge in [-0.1, -0.05) is 27.8 Å². The number of phenolic OH excluding ortho intramolecular Hbond substituents is 1. The van der Waals surface area contributed by atoms with Crippen LogP contribution in [0.1, 0.15) is 12.0 Å². The first kappa shape index (κ1) is 11.1. The van der Waals surface area contributed by atoms with Crippen LogP contribution in [-0.2, 0) is 0 Å². The average Bonchev–Trinajstić information content (AvgIpc) is 2.15. The second kappa shape index (κ2) is 5.69. The van der Waals surface area contributed by atoms with E-state index < -0.39 is 0 Å². The SMILES string of the molecule is CNCCC#Cc1ccc(Br)cc1O. The monoisotopic (exact) mass is 253 g/mol. The Hall–Kier alpha value is -0.980. The van der Waals surface area contributed by atoms with Crippen molar-refractivity contribution in [2.24, 2.45) is 0 Å². The minimum atomic E-state index is 0.219. The highest BCUT2D eigenvalue weighted by Gasteiger charge is 1.96. The summed E-state index contributed by atoms with van der Waals surface area (Å²) in [5.74, 6) is 6.11. The van der Waals surface area contributed by atoms with Crippen molar-refractivity contribution in [3.63, 3.8) is 0 Å². The maximum atomic E-state index is 9.50. The van der Waals surface area contributed by atoms with Gasteiger partial charge in [-0.15, -0.1) is 0 Å². The van der Waals surface area contributed by atoms with Gasteiger partial charge in [-0.05, 0) is 25.2 Å². The summed E-state index contributed by atoms with van der Waals surface area (Å²) < 4.78 is 0.857. The molecule has 0 saturated carbocycles. The molecular weight excluding hydrogens is 242 g/mol. The Balaban J connectivity index is 2.70. The van der Waals surface area contributed by atoms with Gasteiger partial charge in [0.2, 0.25) is 0 Å². The summed E-state index contributed by atoms with van der Waals surface area (Å²) >= 11 is 3.27. The van der Waals surface area contributed by atoms with E-state index in [4.69, 9.17) is 0 Å². The number of benzene rings is 1. The van der Waals surface area contributed by atoms with Gasteiger partial charge in [-0.3, -0.25) is 0 Å². The molecule has 0 aliphatic carbocycles. The number of halogens is 1. The van der Waals surface area contributed by atoms with Crippen LogP contribution >= 0.6 is 15.9 Å². The van der Waals surface area contributed by atoms with Crippen molar-refractivity contribution >= 4 is 15.9 Å². The number of hydrogen-bond acceptors (Lipinski definition) is 2. The highest BCUT2D eigenvalue weighted by Crippen LogP contribution is 2.21. The molecule has 0 saturated heterocycles. The predicted octanol–water partition coefficient (Wildman–Crippen LogP) is 2.12. The third kappa shape index (κ3) is 3.41. The molecule has 2 nitrogen and oxygen atoms in total. The summed E-state index contributed by atoms with van der Waals surface area (Å²) in [6.45, 7) is 0.865. The van der Waals surface area contributed by atoms with Crippen LogP contribution in [0.4, 0.5) is 0 Å². The second-order valence-corrected chi connectivity index (χ2v) is 3.73. The van der Waals surface area contributed by atoms with E-state index in [9.17, 15) is 5.11 Å². The molecule has 0 aromatic heterocycles. The fourth-order valence-electron chi connectivity index (χ4n) is 0.956. The molecule has 3 heteroatoms. The standard InChI is InChI=1S/C11H12BrNO/c1-13-7-3-2-4-9-5-6-10(12)8-11(9)14/h5-6,8,13-14H,3,7H2,1H3. The molecule has 0 atom stereocenters. The van der Waals surface area contributed by atoms with E-state index in [-0.39, 0.29) is 5.75 Å². The molecule has 74 valence electrons. The van der Waals surface area contributed by atoms with Crippen molar-refractivity contribution in [1.82, 2.24) is 5.32 Å². The summed E-state index contributed by atoms with van der Waals surface area (Å²) in [5, 5.41) is 12.5. The Bertz CT molecular complexity index is 365. The van der Waals surface area contributed by atoms with E-state index >= 15 is 0 Å². The van der Waals surface area contributed by atoms with Crippen LogP contribution in [0.5, 0.6) is 5.75 Å². The molecule has 0 aliphatic heterocycles. The first-order valence-electron chi connectivity index (χ1n) is 4.36. The molecule has 0 spiro atoms. The fourth-order valence-corrected chi connectivity index (χ4v) is 1.30. The van der Waals surface area contributed by atoms with Crippen molar-refractivity contribution in [1.29, 1.82) is 0 Å². The minimum absolute atomic E-state index is 0.219. The topological polar surface area (TPSA) is 32.3 Å². The molecule has 0 aliphatic rings. The van der Waals surface area contributed by atoms with Gasteiger partial charge in [0.05, 0.1) is 5.56 Å².